The molecule has 3 aromatic rings. The van der Waals surface area contributed by atoms with E-state index in [4.69, 9.17) is 0 Å². The number of azide groups is 1. The first-order chi connectivity index (χ1) is 16.1. The molecule has 0 fully saturated rings. The number of hydrogen-bond acceptors (Lipinski definition) is 3. The topological polar surface area (TPSA) is 86.1 Å². The Morgan fingerprint density at radius 2 is 1.33 bits per heavy atom. The molecule has 3 aromatic carbocycles. The second-order valence-corrected chi connectivity index (χ2v) is 7.92. The third-order valence-electron chi connectivity index (χ3n) is 5.49. The van der Waals surface area contributed by atoms with Crippen LogP contribution in [0.5, 0.6) is 0 Å². The second-order valence-electron chi connectivity index (χ2n) is 7.92. The van der Waals surface area contributed by atoms with Crippen molar-refractivity contribution in [2.75, 3.05) is 0 Å². The number of hydrogen-bond donors (Lipinski definition) is 0. The largest absolute Gasteiger partial charge is 0.333 e. The Kier molecular flexibility index (Phi) is 8.80. The van der Waals surface area contributed by atoms with Crippen LogP contribution in [-0.2, 0) is 22.7 Å². The summed E-state index contributed by atoms with van der Waals surface area (Å²) in [4.78, 5) is 31.9. The van der Waals surface area contributed by atoms with Gasteiger partial charge in [-0.1, -0.05) is 103 Å². The van der Waals surface area contributed by atoms with E-state index in [1.165, 1.54) is 0 Å². The van der Waals surface area contributed by atoms with E-state index in [0.29, 0.717) is 25.1 Å². The van der Waals surface area contributed by atoms with Gasteiger partial charge in [-0.25, -0.2) is 0 Å². The molecular formula is C27H28N4O2. The second kappa shape index (κ2) is 12.2. The molecule has 3 rings (SSSR count). The highest BCUT2D eigenvalue weighted by molar-refractivity contribution is 6.02. The number of amides is 1. The average molecular weight is 441 g/mol. The summed E-state index contributed by atoms with van der Waals surface area (Å²) in [5, 5.41) is 3.93. The highest BCUT2D eigenvalue weighted by Crippen LogP contribution is 2.31. The Hall–Kier alpha value is -3.89. The van der Waals surface area contributed by atoms with Crippen molar-refractivity contribution >= 4 is 11.7 Å². The highest BCUT2D eigenvalue weighted by atomic mass is 16.2. The lowest BCUT2D eigenvalue weighted by atomic mass is 9.86. The van der Waals surface area contributed by atoms with Gasteiger partial charge in [0, 0.05) is 24.4 Å². The summed E-state index contributed by atoms with van der Waals surface area (Å²) in [5.41, 5.74) is 11.8. The van der Waals surface area contributed by atoms with E-state index >= 15 is 0 Å². The van der Waals surface area contributed by atoms with E-state index < -0.39 is 12.0 Å². The summed E-state index contributed by atoms with van der Waals surface area (Å²) in [6.45, 7) is 2.60. The summed E-state index contributed by atoms with van der Waals surface area (Å²) in [6, 6.07) is 27.5. The zero-order valence-electron chi connectivity index (χ0n) is 18.7. The van der Waals surface area contributed by atoms with Crippen LogP contribution in [0.15, 0.2) is 96.1 Å². The van der Waals surface area contributed by atoms with Crippen molar-refractivity contribution in [1.82, 2.24) is 4.90 Å². The van der Waals surface area contributed by atoms with Crippen LogP contribution in [0.25, 0.3) is 10.4 Å². The SMILES string of the molecule is CCCC(=O)[C@H](C(=O)N(Cc1ccccc1)Cc1ccccc1)[C@@H](N=[N+]=[N-])c1ccccc1. The number of ketones is 1. The molecular weight excluding hydrogens is 412 g/mol. The molecule has 0 unspecified atom stereocenters. The molecule has 0 bridgehead atoms. The van der Waals surface area contributed by atoms with Crippen LogP contribution in [0.3, 0.4) is 0 Å². The van der Waals surface area contributed by atoms with Gasteiger partial charge in [-0.15, -0.1) is 0 Å². The molecule has 0 saturated heterocycles. The van der Waals surface area contributed by atoms with Crippen molar-refractivity contribution in [3.63, 3.8) is 0 Å². The summed E-state index contributed by atoms with van der Waals surface area (Å²) in [5.74, 6) is -1.63. The normalized spacial score (nSPS) is 12.3. The van der Waals surface area contributed by atoms with Gasteiger partial charge in [-0.3, -0.25) is 9.59 Å². The monoisotopic (exact) mass is 440 g/mol. The Labute approximate surface area is 194 Å². The zero-order chi connectivity index (χ0) is 23.5. The molecule has 0 saturated carbocycles. The Morgan fingerprint density at radius 3 is 1.79 bits per heavy atom. The number of rotatable bonds is 11. The molecule has 0 heterocycles. The van der Waals surface area contributed by atoms with Gasteiger partial charge in [0.05, 0.1) is 6.04 Å². The van der Waals surface area contributed by atoms with Crippen molar-refractivity contribution < 1.29 is 9.59 Å². The number of Topliss-reactive ketones (excluding diaryl/α,β-unsaturated/α-hetero) is 1. The van der Waals surface area contributed by atoms with E-state index in [0.717, 1.165) is 11.1 Å². The summed E-state index contributed by atoms with van der Waals surface area (Å²) in [7, 11) is 0. The fraction of sp³-hybridized carbons (Fsp3) is 0.259. The molecule has 6 nitrogen and oxygen atoms in total. The van der Waals surface area contributed by atoms with Crippen molar-refractivity contribution in [2.24, 2.45) is 11.0 Å². The lowest BCUT2D eigenvalue weighted by molar-refractivity contribution is -0.143. The summed E-state index contributed by atoms with van der Waals surface area (Å²) >= 11 is 0. The standard InChI is InChI=1S/C27H28N4O2/c1-2-12-24(32)25(26(29-30-28)23-17-10-5-11-18-23)27(33)31(19-21-13-6-3-7-14-21)20-22-15-8-4-9-16-22/h3-11,13-18,25-26H,2,12,19-20H2,1H3/t25-,26-/m0/s1. The third-order valence-corrected chi connectivity index (χ3v) is 5.49. The van der Waals surface area contributed by atoms with E-state index in [9.17, 15) is 15.1 Å². The maximum Gasteiger partial charge on any atom is 0.234 e. The van der Waals surface area contributed by atoms with Gasteiger partial charge in [-0.2, -0.15) is 0 Å². The number of benzene rings is 3. The van der Waals surface area contributed by atoms with Crippen LogP contribution in [0.1, 0.15) is 42.5 Å². The molecule has 2 atom stereocenters. The predicted molar refractivity (Wildman–Crippen MR) is 129 cm³/mol. The van der Waals surface area contributed by atoms with Gasteiger partial charge in [0.15, 0.2) is 0 Å². The zero-order valence-corrected chi connectivity index (χ0v) is 18.7. The van der Waals surface area contributed by atoms with E-state index in [1.807, 2.05) is 85.8 Å². The maximum atomic E-state index is 14.0. The Morgan fingerprint density at radius 1 is 0.848 bits per heavy atom. The quantitative estimate of drug-likeness (QED) is 0.153. The summed E-state index contributed by atoms with van der Waals surface area (Å²) < 4.78 is 0. The minimum Gasteiger partial charge on any atom is -0.333 e. The molecule has 0 aliphatic heterocycles. The summed E-state index contributed by atoms with van der Waals surface area (Å²) in [6.07, 6.45) is 0.850. The van der Waals surface area contributed by atoms with Crippen LogP contribution in [0.2, 0.25) is 0 Å². The first-order valence-electron chi connectivity index (χ1n) is 11.1. The lowest BCUT2D eigenvalue weighted by Gasteiger charge is -2.30. The molecule has 1 amide bonds. The fourth-order valence-corrected chi connectivity index (χ4v) is 3.90. The van der Waals surface area contributed by atoms with Crippen molar-refractivity contribution in [1.29, 1.82) is 0 Å². The van der Waals surface area contributed by atoms with E-state index in [1.54, 1.807) is 17.0 Å². The van der Waals surface area contributed by atoms with Crippen LogP contribution in [0, 0.1) is 5.92 Å². The van der Waals surface area contributed by atoms with Gasteiger partial charge in [0.25, 0.3) is 0 Å². The molecule has 0 aliphatic carbocycles. The van der Waals surface area contributed by atoms with Crippen LogP contribution < -0.4 is 0 Å². The minimum atomic E-state index is -1.09. The molecule has 168 valence electrons. The van der Waals surface area contributed by atoms with Gasteiger partial charge >= 0.3 is 0 Å². The Bertz CT molecular complexity index is 1040. The predicted octanol–water partition coefficient (Wildman–Crippen LogP) is 6.25. The number of carbonyl (C=O) groups excluding carboxylic acids is 2. The van der Waals surface area contributed by atoms with Gasteiger partial charge in [0.2, 0.25) is 5.91 Å². The van der Waals surface area contributed by atoms with Gasteiger partial charge in [0.1, 0.15) is 11.7 Å². The number of carbonyl (C=O) groups is 2. The third kappa shape index (κ3) is 6.55. The van der Waals surface area contributed by atoms with Crippen LogP contribution in [0.4, 0.5) is 0 Å². The minimum absolute atomic E-state index is 0.213. The van der Waals surface area contributed by atoms with Gasteiger partial charge < -0.3 is 4.90 Å². The maximum absolute atomic E-state index is 14.0. The van der Waals surface area contributed by atoms with Gasteiger partial charge in [-0.05, 0) is 28.6 Å². The molecule has 0 radical (unpaired) electrons. The first-order valence-corrected chi connectivity index (χ1v) is 11.1. The van der Waals surface area contributed by atoms with Crippen molar-refractivity contribution in [3.05, 3.63) is 118 Å². The van der Waals surface area contributed by atoms with Crippen LogP contribution >= 0.6 is 0 Å². The Balaban J connectivity index is 2.02. The molecule has 0 aliphatic rings. The van der Waals surface area contributed by atoms with Crippen molar-refractivity contribution in [2.45, 2.75) is 38.9 Å². The lowest BCUT2D eigenvalue weighted by Crippen LogP contribution is -2.41. The van der Waals surface area contributed by atoms with E-state index in [-0.39, 0.29) is 18.1 Å². The molecule has 6 heteroatoms. The highest BCUT2D eigenvalue weighted by Gasteiger charge is 2.37. The fourth-order valence-electron chi connectivity index (χ4n) is 3.90. The molecule has 33 heavy (non-hydrogen) atoms. The van der Waals surface area contributed by atoms with Crippen molar-refractivity contribution in [3.8, 4) is 0 Å². The molecule has 0 aromatic heterocycles. The first kappa shape index (κ1) is 23.8. The molecule has 0 N–H and O–H groups in total. The van der Waals surface area contributed by atoms with Crippen LogP contribution in [-0.4, -0.2) is 16.6 Å². The van der Waals surface area contributed by atoms with E-state index in [2.05, 4.69) is 10.0 Å². The number of nitrogens with zero attached hydrogens (tertiary/aromatic N) is 4. The molecule has 0 spiro atoms. The average Bonchev–Trinajstić information content (AvgIpc) is 2.85. The smallest absolute Gasteiger partial charge is 0.234 e.